The van der Waals surface area contributed by atoms with Gasteiger partial charge in [0.2, 0.25) is 5.88 Å². The van der Waals surface area contributed by atoms with E-state index in [1.807, 2.05) is 19.9 Å². The van der Waals surface area contributed by atoms with Crippen molar-refractivity contribution < 1.29 is 17.9 Å². The van der Waals surface area contributed by atoms with E-state index in [-0.39, 0.29) is 6.54 Å². The second-order valence-corrected chi connectivity index (χ2v) is 6.02. The topological polar surface area (TPSA) is 71.4 Å². The molecule has 2 N–H and O–H groups in total. The van der Waals surface area contributed by atoms with Crippen LogP contribution in [0.25, 0.3) is 0 Å². The van der Waals surface area contributed by atoms with Crippen molar-refractivity contribution in [1.29, 1.82) is 0 Å². The molecule has 2 heterocycles. The second kappa shape index (κ2) is 9.37. The van der Waals surface area contributed by atoms with E-state index < -0.39 is 11.9 Å². The third-order valence-electron chi connectivity index (χ3n) is 3.13. The highest BCUT2D eigenvalue weighted by Crippen LogP contribution is 2.29. The van der Waals surface area contributed by atoms with Crippen molar-refractivity contribution in [2.24, 2.45) is 4.99 Å². The van der Waals surface area contributed by atoms with Gasteiger partial charge in [0, 0.05) is 23.7 Å². The number of nitrogens with one attached hydrogen (secondary N) is 2. The summed E-state index contributed by atoms with van der Waals surface area (Å²) in [4.78, 5) is 12.2. The molecule has 0 aliphatic carbocycles. The first-order chi connectivity index (χ1) is 12.4. The lowest BCUT2D eigenvalue weighted by Gasteiger charge is -2.11. The Kier molecular flexibility index (Phi) is 7.19. The number of rotatable bonds is 7. The Labute approximate surface area is 153 Å². The van der Waals surface area contributed by atoms with Gasteiger partial charge in [-0.1, -0.05) is 6.07 Å². The Bertz CT molecular complexity index is 733. The zero-order valence-electron chi connectivity index (χ0n) is 14.4. The molecule has 0 saturated carbocycles. The van der Waals surface area contributed by atoms with Crippen LogP contribution < -0.4 is 15.4 Å². The first-order valence-corrected chi connectivity index (χ1v) is 8.92. The molecule has 26 heavy (non-hydrogen) atoms. The quantitative estimate of drug-likeness (QED) is 0.564. The lowest BCUT2D eigenvalue weighted by molar-refractivity contribution is -0.140. The Balaban J connectivity index is 2.02. The van der Waals surface area contributed by atoms with Crippen molar-refractivity contribution in [2.45, 2.75) is 33.1 Å². The maximum atomic E-state index is 12.6. The average molecular weight is 387 g/mol. The van der Waals surface area contributed by atoms with E-state index in [9.17, 15) is 13.2 Å². The Morgan fingerprint density at radius 3 is 2.77 bits per heavy atom. The molecule has 0 spiro atoms. The van der Waals surface area contributed by atoms with Gasteiger partial charge in [-0.25, -0.2) is 15.0 Å². The molecular weight excluding hydrogens is 367 g/mol. The molecule has 0 fully saturated rings. The van der Waals surface area contributed by atoms with E-state index in [2.05, 4.69) is 25.6 Å². The van der Waals surface area contributed by atoms with Crippen molar-refractivity contribution in [2.75, 3.05) is 13.2 Å². The van der Waals surface area contributed by atoms with E-state index in [0.29, 0.717) is 36.5 Å². The average Bonchev–Trinajstić information content (AvgIpc) is 3.08. The highest BCUT2D eigenvalue weighted by molar-refractivity contribution is 7.09. The number of guanidine groups is 1. The molecule has 2 rings (SSSR count). The van der Waals surface area contributed by atoms with Crippen LogP contribution in [0.15, 0.2) is 28.7 Å². The van der Waals surface area contributed by atoms with Crippen LogP contribution >= 0.6 is 11.3 Å². The van der Waals surface area contributed by atoms with E-state index in [0.717, 1.165) is 22.3 Å². The summed E-state index contributed by atoms with van der Waals surface area (Å²) in [5.41, 5.74) is -0.0573. The van der Waals surface area contributed by atoms with E-state index in [1.165, 1.54) is 0 Å². The number of hydrogen-bond donors (Lipinski definition) is 2. The Morgan fingerprint density at radius 2 is 2.12 bits per heavy atom. The molecule has 142 valence electrons. The van der Waals surface area contributed by atoms with Gasteiger partial charge in [0.05, 0.1) is 19.7 Å². The minimum absolute atomic E-state index is 0.151. The summed E-state index contributed by atoms with van der Waals surface area (Å²) in [5, 5.41) is 7.36. The normalized spacial score (nSPS) is 12.1. The number of aromatic nitrogens is 2. The SMILES string of the molecule is CCNC(=NCc1cccnc1OCC)NCc1nc(C(F)(F)F)cs1. The summed E-state index contributed by atoms with van der Waals surface area (Å²) in [5.74, 6) is 0.993. The zero-order chi connectivity index (χ0) is 19.0. The minimum Gasteiger partial charge on any atom is -0.478 e. The van der Waals surface area contributed by atoms with Gasteiger partial charge >= 0.3 is 6.18 Å². The molecule has 2 aromatic heterocycles. The smallest absolute Gasteiger partial charge is 0.434 e. The van der Waals surface area contributed by atoms with Gasteiger partial charge in [0.25, 0.3) is 0 Å². The summed E-state index contributed by atoms with van der Waals surface area (Å²) in [7, 11) is 0. The predicted octanol–water partition coefficient (Wildman–Crippen LogP) is 3.21. The zero-order valence-corrected chi connectivity index (χ0v) is 15.2. The van der Waals surface area contributed by atoms with Crippen molar-refractivity contribution >= 4 is 17.3 Å². The molecule has 6 nitrogen and oxygen atoms in total. The summed E-state index contributed by atoms with van der Waals surface area (Å²) >= 11 is 0.954. The Morgan fingerprint density at radius 1 is 1.31 bits per heavy atom. The van der Waals surface area contributed by atoms with Gasteiger partial charge in [-0.3, -0.25) is 0 Å². The van der Waals surface area contributed by atoms with Crippen LogP contribution in [-0.2, 0) is 19.3 Å². The third-order valence-corrected chi connectivity index (χ3v) is 3.98. The summed E-state index contributed by atoms with van der Waals surface area (Å²) in [6.45, 7) is 5.36. The lowest BCUT2D eigenvalue weighted by atomic mass is 10.3. The molecule has 0 aliphatic heterocycles. The van der Waals surface area contributed by atoms with Crippen LogP contribution in [0, 0.1) is 0 Å². The van der Waals surface area contributed by atoms with E-state index in [4.69, 9.17) is 4.74 Å². The van der Waals surface area contributed by atoms with E-state index >= 15 is 0 Å². The maximum absolute atomic E-state index is 12.6. The highest BCUT2D eigenvalue weighted by Gasteiger charge is 2.33. The number of pyridine rings is 1. The molecule has 0 amide bonds. The van der Waals surface area contributed by atoms with Crippen molar-refractivity contribution in [3.63, 3.8) is 0 Å². The molecule has 0 aromatic carbocycles. The summed E-state index contributed by atoms with van der Waals surface area (Å²) in [6, 6.07) is 3.66. The molecule has 10 heteroatoms. The number of halogens is 3. The van der Waals surface area contributed by atoms with Crippen LogP contribution in [0.3, 0.4) is 0 Å². The second-order valence-electron chi connectivity index (χ2n) is 5.07. The van der Waals surface area contributed by atoms with Crippen LogP contribution in [0.5, 0.6) is 5.88 Å². The van der Waals surface area contributed by atoms with Crippen molar-refractivity contribution in [1.82, 2.24) is 20.6 Å². The van der Waals surface area contributed by atoms with Gasteiger partial charge in [-0.15, -0.1) is 11.3 Å². The molecule has 0 saturated heterocycles. The number of alkyl halides is 3. The number of nitrogens with zero attached hydrogens (tertiary/aromatic N) is 3. The fourth-order valence-corrected chi connectivity index (χ4v) is 2.74. The molecule has 0 bridgehead atoms. The Hall–Kier alpha value is -2.36. The molecule has 0 radical (unpaired) electrons. The van der Waals surface area contributed by atoms with Gasteiger partial charge < -0.3 is 15.4 Å². The van der Waals surface area contributed by atoms with Crippen LogP contribution in [0.4, 0.5) is 13.2 Å². The molecule has 2 aromatic rings. The van der Waals surface area contributed by atoms with Gasteiger partial charge in [0.1, 0.15) is 5.01 Å². The fraction of sp³-hybridized carbons (Fsp3) is 0.438. The first-order valence-electron chi connectivity index (χ1n) is 8.04. The van der Waals surface area contributed by atoms with Crippen LogP contribution in [0.1, 0.15) is 30.1 Å². The number of aliphatic imine (C=N–C) groups is 1. The number of ether oxygens (including phenoxy) is 1. The highest BCUT2D eigenvalue weighted by atomic mass is 32.1. The van der Waals surface area contributed by atoms with Gasteiger partial charge in [-0.05, 0) is 19.9 Å². The monoisotopic (exact) mass is 387 g/mol. The molecule has 0 unspecified atom stereocenters. The standard InChI is InChI=1S/C16H20F3N5OS/c1-3-20-15(22-8-11-6-5-7-21-14(11)25-4-2)23-9-13-24-12(10-26-13)16(17,18)19/h5-7,10H,3-4,8-9H2,1-2H3,(H2,20,22,23). The first kappa shape index (κ1) is 20.0. The minimum atomic E-state index is -4.43. The van der Waals surface area contributed by atoms with Crippen molar-refractivity contribution in [3.05, 3.63) is 40.0 Å². The number of hydrogen-bond acceptors (Lipinski definition) is 5. The van der Waals surface area contributed by atoms with Crippen LogP contribution in [-0.4, -0.2) is 29.1 Å². The van der Waals surface area contributed by atoms with Crippen LogP contribution in [0.2, 0.25) is 0 Å². The van der Waals surface area contributed by atoms with Gasteiger partial charge in [0.15, 0.2) is 11.7 Å². The lowest BCUT2D eigenvalue weighted by Crippen LogP contribution is -2.36. The number of thiazole rings is 1. The molecular formula is C16H20F3N5OS. The third kappa shape index (κ3) is 5.87. The largest absolute Gasteiger partial charge is 0.478 e. The predicted molar refractivity (Wildman–Crippen MR) is 94.2 cm³/mol. The van der Waals surface area contributed by atoms with Gasteiger partial charge in [-0.2, -0.15) is 13.2 Å². The van der Waals surface area contributed by atoms with E-state index in [1.54, 1.807) is 12.3 Å². The maximum Gasteiger partial charge on any atom is 0.434 e. The summed E-state index contributed by atoms with van der Waals surface area (Å²) < 4.78 is 43.3. The summed E-state index contributed by atoms with van der Waals surface area (Å²) in [6.07, 6.45) is -2.79. The fourth-order valence-electron chi connectivity index (χ4n) is 2.00. The molecule has 0 aliphatic rings. The van der Waals surface area contributed by atoms with Crippen molar-refractivity contribution in [3.8, 4) is 5.88 Å². The molecule has 0 atom stereocenters.